The number of thiocarbonyl (C=S) groups is 1. The Labute approximate surface area is 125 Å². The summed E-state index contributed by atoms with van der Waals surface area (Å²) in [5.41, 5.74) is 6.29. The van der Waals surface area contributed by atoms with Crippen LogP contribution in [-0.4, -0.2) is 23.5 Å². The minimum Gasteiger partial charge on any atom is -0.484 e. The fourth-order valence-corrected chi connectivity index (χ4v) is 2.08. The highest BCUT2D eigenvalue weighted by Crippen LogP contribution is 2.12. The van der Waals surface area contributed by atoms with E-state index in [0.29, 0.717) is 16.7 Å². The Morgan fingerprint density at radius 1 is 1.30 bits per heavy atom. The normalized spacial score (nSPS) is 12.0. The van der Waals surface area contributed by atoms with Gasteiger partial charge in [0.2, 0.25) is 0 Å². The fourth-order valence-electron chi connectivity index (χ4n) is 1.95. The summed E-state index contributed by atoms with van der Waals surface area (Å²) in [5.74, 6) is 1.06. The van der Waals surface area contributed by atoms with Gasteiger partial charge in [0.1, 0.15) is 10.7 Å². The van der Waals surface area contributed by atoms with Gasteiger partial charge in [0.05, 0.1) is 0 Å². The number of nitrogens with one attached hydrogen (secondary N) is 1. The number of benzene rings is 1. The van der Waals surface area contributed by atoms with Crippen molar-refractivity contribution in [2.45, 2.75) is 33.2 Å². The lowest BCUT2D eigenvalue weighted by Crippen LogP contribution is -2.36. The van der Waals surface area contributed by atoms with Gasteiger partial charge in [-0.15, -0.1) is 0 Å². The van der Waals surface area contributed by atoms with Crippen LogP contribution in [0.5, 0.6) is 5.75 Å². The first-order chi connectivity index (χ1) is 9.38. The van der Waals surface area contributed by atoms with Gasteiger partial charge >= 0.3 is 0 Å². The summed E-state index contributed by atoms with van der Waals surface area (Å²) >= 11 is 4.87. The van der Waals surface area contributed by atoms with E-state index in [2.05, 4.69) is 19.2 Å². The molecule has 3 N–H and O–H groups in total. The number of rotatable bonds is 7. The van der Waals surface area contributed by atoms with E-state index in [1.165, 1.54) is 0 Å². The number of carbonyl (C=O) groups is 1. The van der Waals surface area contributed by atoms with Crippen LogP contribution in [0, 0.1) is 5.92 Å². The zero-order chi connectivity index (χ0) is 15.1. The molecule has 0 aliphatic heterocycles. The molecule has 0 bridgehead atoms. The highest BCUT2D eigenvalue weighted by atomic mass is 32.1. The van der Waals surface area contributed by atoms with E-state index in [1.54, 1.807) is 24.3 Å². The molecule has 20 heavy (non-hydrogen) atoms. The molecule has 110 valence electrons. The van der Waals surface area contributed by atoms with Gasteiger partial charge in [-0.25, -0.2) is 0 Å². The zero-order valence-corrected chi connectivity index (χ0v) is 13.0. The molecule has 1 unspecified atom stereocenters. The summed E-state index contributed by atoms with van der Waals surface area (Å²) in [7, 11) is 0. The summed E-state index contributed by atoms with van der Waals surface area (Å²) in [5, 5.41) is 2.91. The number of amides is 1. The van der Waals surface area contributed by atoms with E-state index in [1.807, 2.05) is 6.92 Å². The van der Waals surface area contributed by atoms with Crippen molar-refractivity contribution in [3.05, 3.63) is 29.8 Å². The first-order valence-corrected chi connectivity index (χ1v) is 7.11. The molecule has 1 aromatic rings. The monoisotopic (exact) mass is 294 g/mol. The Kier molecular flexibility index (Phi) is 6.45. The van der Waals surface area contributed by atoms with Gasteiger partial charge in [0.15, 0.2) is 6.61 Å². The minimum atomic E-state index is -0.114. The molecule has 0 fully saturated rings. The van der Waals surface area contributed by atoms with E-state index < -0.39 is 0 Å². The summed E-state index contributed by atoms with van der Waals surface area (Å²) in [6.07, 6.45) is 0.953. The van der Waals surface area contributed by atoms with Crippen molar-refractivity contribution >= 4 is 23.1 Å². The third-order valence-corrected chi connectivity index (χ3v) is 2.98. The molecular weight excluding hydrogens is 272 g/mol. The minimum absolute atomic E-state index is 0.00878. The van der Waals surface area contributed by atoms with Crippen LogP contribution in [0.15, 0.2) is 24.3 Å². The third-order valence-electron chi connectivity index (χ3n) is 2.74. The van der Waals surface area contributed by atoms with E-state index in [9.17, 15) is 4.79 Å². The van der Waals surface area contributed by atoms with Crippen LogP contribution in [0.25, 0.3) is 0 Å². The van der Waals surface area contributed by atoms with Crippen LogP contribution in [0.3, 0.4) is 0 Å². The Balaban J connectivity index is 2.39. The van der Waals surface area contributed by atoms with Crippen LogP contribution >= 0.6 is 12.2 Å². The molecule has 5 heteroatoms. The van der Waals surface area contributed by atoms with Crippen LogP contribution in [0.1, 0.15) is 32.8 Å². The van der Waals surface area contributed by atoms with Crippen molar-refractivity contribution in [3.8, 4) is 5.75 Å². The Hall–Kier alpha value is -1.62. The Morgan fingerprint density at radius 3 is 2.40 bits per heavy atom. The highest BCUT2D eigenvalue weighted by molar-refractivity contribution is 7.80. The van der Waals surface area contributed by atoms with Gasteiger partial charge in [0.25, 0.3) is 5.91 Å². The molecule has 0 aromatic heterocycles. The largest absolute Gasteiger partial charge is 0.484 e. The van der Waals surface area contributed by atoms with Gasteiger partial charge in [-0.3, -0.25) is 4.79 Å². The smallest absolute Gasteiger partial charge is 0.258 e. The number of hydrogen-bond donors (Lipinski definition) is 2. The molecule has 0 aliphatic rings. The lowest BCUT2D eigenvalue weighted by atomic mass is 10.1. The van der Waals surface area contributed by atoms with Crippen molar-refractivity contribution in [2.75, 3.05) is 6.61 Å². The van der Waals surface area contributed by atoms with E-state index in [0.717, 1.165) is 12.0 Å². The van der Waals surface area contributed by atoms with Crippen molar-refractivity contribution in [2.24, 2.45) is 11.7 Å². The Morgan fingerprint density at radius 2 is 1.90 bits per heavy atom. The lowest BCUT2D eigenvalue weighted by molar-refractivity contribution is -0.123. The number of ether oxygens (including phenoxy) is 1. The molecular formula is C15H22N2O2S. The van der Waals surface area contributed by atoms with Gasteiger partial charge in [-0.1, -0.05) is 26.1 Å². The van der Waals surface area contributed by atoms with E-state index >= 15 is 0 Å². The molecule has 4 nitrogen and oxygen atoms in total. The van der Waals surface area contributed by atoms with Crippen molar-refractivity contribution in [1.82, 2.24) is 5.32 Å². The number of carbonyl (C=O) groups excluding carboxylic acids is 1. The van der Waals surface area contributed by atoms with Crippen LogP contribution in [-0.2, 0) is 4.79 Å². The molecule has 0 saturated carbocycles. The van der Waals surface area contributed by atoms with Crippen LogP contribution in [0.4, 0.5) is 0 Å². The lowest BCUT2D eigenvalue weighted by Gasteiger charge is -2.16. The summed E-state index contributed by atoms with van der Waals surface area (Å²) in [6, 6.07) is 7.20. The van der Waals surface area contributed by atoms with Crippen LogP contribution in [0.2, 0.25) is 0 Å². The predicted molar refractivity (Wildman–Crippen MR) is 84.9 cm³/mol. The summed E-state index contributed by atoms with van der Waals surface area (Å²) in [6.45, 7) is 6.26. The summed E-state index contributed by atoms with van der Waals surface area (Å²) < 4.78 is 5.41. The molecule has 0 radical (unpaired) electrons. The van der Waals surface area contributed by atoms with E-state index in [-0.39, 0.29) is 18.6 Å². The summed E-state index contributed by atoms with van der Waals surface area (Å²) in [4.78, 5) is 12.1. The second-order valence-electron chi connectivity index (χ2n) is 5.28. The highest BCUT2D eigenvalue weighted by Gasteiger charge is 2.09. The van der Waals surface area contributed by atoms with Gasteiger partial charge < -0.3 is 15.8 Å². The van der Waals surface area contributed by atoms with Gasteiger partial charge in [0, 0.05) is 11.6 Å². The quantitative estimate of drug-likeness (QED) is 0.757. The Bertz CT molecular complexity index is 457. The molecule has 0 heterocycles. The second-order valence-corrected chi connectivity index (χ2v) is 5.72. The van der Waals surface area contributed by atoms with Gasteiger partial charge in [-0.2, -0.15) is 0 Å². The molecule has 0 saturated heterocycles. The van der Waals surface area contributed by atoms with Crippen molar-refractivity contribution in [3.63, 3.8) is 0 Å². The maximum atomic E-state index is 11.7. The van der Waals surface area contributed by atoms with Gasteiger partial charge in [-0.05, 0) is 43.5 Å². The maximum absolute atomic E-state index is 11.7. The molecule has 1 aromatic carbocycles. The first-order valence-electron chi connectivity index (χ1n) is 6.70. The third kappa shape index (κ3) is 6.02. The first kappa shape index (κ1) is 16.4. The predicted octanol–water partition coefficient (Wildman–Crippen LogP) is 2.25. The number of nitrogens with two attached hydrogens (primary N) is 1. The molecule has 1 atom stereocenters. The molecule has 0 aliphatic carbocycles. The average Bonchev–Trinajstić information content (AvgIpc) is 2.35. The average molecular weight is 294 g/mol. The van der Waals surface area contributed by atoms with Crippen molar-refractivity contribution < 1.29 is 9.53 Å². The SMILES string of the molecule is CC(C)CC(C)NC(=O)COc1ccc(C(N)=S)cc1. The van der Waals surface area contributed by atoms with Crippen LogP contribution < -0.4 is 15.8 Å². The maximum Gasteiger partial charge on any atom is 0.258 e. The molecule has 0 spiro atoms. The molecule has 1 rings (SSSR count). The van der Waals surface area contributed by atoms with Crippen molar-refractivity contribution in [1.29, 1.82) is 0 Å². The molecule has 1 amide bonds. The zero-order valence-electron chi connectivity index (χ0n) is 12.2. The number of hydrogen-bond acceptors (Lipinski definition) is 3. The standard InChI is InChI=1S/C15H22N2O2S/c1-10(2)8-11(3)17-14(18)9-19-13-6-4-12(5-7-13)15(16)20/h4-7,10-11H,8-9H2,1-3H3,(H2,16,20)(H,17,18). The topological polar surface area (TPSA) is 64.3 Å². The van der Waals surface area contributed by atoms with E-state index in [4.69, 9.17) is 22.7 Å². The fraction of sp³-hybridized carbons (Fsp3) is 0.467. The second kappa shape index (κ2) is 7.85.